The summed E-state index contributed by atoms with van der Waals surface area (Å²) in [5, 5.41) is 15.1. The van der Waals surface area contributed by atoms with Crippen LogP contribution < -0.4 is 10.6 Å². The number of carbonyl (C=O) groups excluding carboxylic acids is 3. The molecule has 146 valence electrons. The number of aromatic hydroxyl groups is 1. The predicted molar refractivity (Wildman–Crippen MR) is 105 cm³/mol. The van der Waals surface area contributed by atoms with Crippen molar-refractivity contribution in [3.8, 4) is 5.75 Å². The number of benzene rings is 2. The highest BCUT2D eigenvalue weighted by molar-refractivity contribution is 5.96. The van der Waals surface area contributed by atoms with Crippen LogP contribution in [-0.4, -0.2) is 47.4 Å². The molecule has 0 unspecified atom stereocenters. The summed E-state index contributed by atoms with van der Waals surface area (Å²) >= 11 is 0. The molecule has 7 heteroatoms. The smallest absolute Gasteiger partial charge is 0.251 e. The molecule has 0 aliphatic carbocycles. The zero-order valence-electron chi connectivity index (χ0n) is 15.4. The van der Waals surface area contributed by atoms with Gasteiger partial charge in [0.15, 0.2) is 0 Å². The second-order valence-electron chi connectivity index (χ2n) is 6.71. The third-order valence-electron chi connectivity index (χ3n) is 4.82. The number of likely N-dealkylation sites (tertiary alicyclic amines) is 1. The fourth-order valence-corrected chi connectivity index (χ4v) is 3.16. The number of nitrogens with zero attached hydrogens (tertiary/aromatic N) is 1. The Morgan fingerprint density at radius 1 is 0.964 bits per heavy atom. The van der Waals surface area contributed by atoms with E-state index in [-0.39, 0.29) is 35.9 Å². The number of phenols is 1. The van der Waals surface area contributed by atoms with Crippen LogP contribution in [-0.2, 0) is 9.59 Å². The van der Waals surface area contributed by atoms with E-state index in [9.17, 15) is 19.5 Å². The summed E-state index contributed by atoms with van der Waals surface area (Å²) in [5.74, 6) is -0.805. The molecule has 1 saturated heterocycles. The molecule has 1 fully saturated rings. The maximum absolute atomic E-state index is 12.4. The standard InChI is InChI=1S/C21H23N3O4/c25-18-9-5-4-8-17(18)23-21(28)16-10-12-24(13-11-16)19(26)14-22-20(27)15-6-2-1-3-7-15/h1-9,16,25H,10-14H2,(H,22,27)(H,23,28). The lowest BCUT2D eigenvalue weighted by Gasteiger charge is -2.31. The summed E-state index contributed by atoms with van der Waals surface area (Å²) in [6.45, 7) is 0.847. The van der Waals surface area contributed by atoms with Crippen LogP contribution in [0.25, 0.3) is 0 Å². The van der Waals surface area contributed by atoms with E-state index in [0.29, 0.717) is 37.2 Å². The first-order chi connectivity index (χ1) is 13.5. The van der Waals surface area contributed by atoms with Crippen LogP contribution in [0.3, 0.4) is 0 Å². The highest BCUT2D eigenvalue weighted by atomic mass is 16.3. The predicted octanol–water partition coefficient (Wildman–Crippen LogP) is 2.00. The van der Waals surface area contributed by atoms with Crippen molar-refractivity contribution >= 4 is 23.4 Å². The van der Waals surface area contributed by atoms with Crippen molar-refractivity contribution in [2.45, 2.75) is 12.8 Å². The summed E-state index contributed by atoms with van der Waals surface area (Å²) in [4.78, 5) is 38.4. The molecule has 0 bridgehead atoms. The number of rotatable bonds is 5. The first-order valence-corrected chi connectivity index (χ1v) is 9.24. The van der Waals surface area contributed by atoms with Gasteiger partial charge in [-0.15, -0.1) is 0 Å². The third-order valence-corrected chi connectivity index (χ3v) is 4.82. The van der Waals surface area contributed by atoms with Crippen molar-refractivity contribution in [3.63, 3.8) is 0 Å². The molecule has 0 spiro atoms. The van der Waals surface area contributed by atoms with Crippen LogP contribution in [0.4, 0.5) is 5.69 Å². The molecule has 0 radical (unpaired) electrons. The third kappa shape index (κ3) is 4.88. The number of amides is 3. The number of anilines is 1. The molecule has 3 N–H and O–H groups in total. The van der Waals surface area contributed by atoms with Gasteiger partial charge in [-0.2, -0.15) is 0 Å². The molecule has 3 rings (SSSR count). The number of piperidine rings is 1. The molecular formula is C21H23N3O4. The average Bonchev–Trinajstić information content (AvgIpc) is 2.74. The van der Waals surface area contributed by atoms with E-state index >= 15 is 0 Å². The second-order valence-corrected chi connectivity index (χ2v) is 6.71. The maximum Gasteiger partial charge on any atom is 0.251 e. The van der Waals surface area contributed by atoms with Crippen LogP contribution in [0, 0.1) is 5.92 Å². The lowest BCUT2D eigenvalue weighted by Crippen LogP contribution is -2.45. The Morgan fingerprint density at radius 3 is 2.29 bits per heavy atom. The van der Waals surface area contributed by atoms with Gasteiger partial charge < -0.3 is 20.6 Å². The number of hydrogen-bond acceptors (Lipinski definition) is 4. The summed E-state index contributed by atoms with van der Waals surface area (Å²) in [5.41, 5.74) is 0.893. The minimum absolute atomic E-state index is 0.0256. The minimum atomic E-state index is -0.286. The van der Waals surface area contributed by atoms with E-state index in [4.69, 9.17) is 0 Å². The van der Waals surface area contributed by atoms with E-state index in [2.05, 4.69) is 10.6 Å². The molecule has 1 aliphatic heterocycles. The average molecular weight is 381 g/mol. The summed E-state index contributed by atoms with van der Waals surface area (Å²) < 4.78 is 0. The molecule has 1 aliphatic rings. The van der Waals surface area contributed by atoms with E-state index in [1.807, 2.05) is 6.07 Å². The summed E-state index contributed by atoms with van der Waals surface area (Å²) in [6.07, 6.45) is 1.08. The normalized spacial score (nSPS) is 14.4. The first kappa shape index (κ1) is 19.4. The Hall–Kier alpha value is -3.35. The molecule has 2 aromatic carbocycles. The van der Waals surface area contributed by atoms with E-state index in [1.54, 1.807) is 47.4 Å². The topological polar surface area (TPSA) is 98.7 Å². The molecule has 0 saturated carbocycles. The van der Waals surface area contributed by atoms with Crippen LogP contribution >= 0.6 is 0 Å². The van der Waals surface area contributed by atoms with Gasteiger partial charge in [0.25, 0.3) is 5.91 Å². The van der Waals surface area contributed by atoms with Crippen molar-refractivity contribution < 1.29 is 19.5 Å². The van der Waals surface area contributed by atoms with Gasteiger partial charge in [0.1, 0.15) is 5.75 Å². The van der Waals surface area contributed by atoms with Gasteiger partial charge in [-0.05, 0) is 37.1 Å². The van der Waals surface area contributed by atoms with E-state index < -0.39 is 0 Å². The largest absolute Gasteiger partial charge is 0.506 e. The molecule has 3 amide bonds. The maximum atomic E-state index is 12.4. The minimum Gasteiger partial charge on any atom is -0.506 e. The van der Waals surface area contributed by atoms with Crippen LogP contribution in [0.2, 0.25) is 0 Å². The Bertz CT molecular complexity index is 846. The highest BCUT2D eigenvalue weighted by Gasteiger charge is 2.27. The number of carbonyl (C=O) groups is 3. The lowest BCUT2D eigenvalue weighted by atomic mass is 9.95. The molecular weight excluding hydrogens is 358 g/mol. The van der Waals surface area contributed by atoms with Crippen molar-refractivity contribution in [1.82, 2.24) is 10.2 Å². The first-order valence-electron chi connectivity index (χ1n) is 9.24. The van der Waals surface area contributed by atoms with Crippen molar-refractivity contribution in [2.24, 2.45) is 5.92 Å². The zero-order valence-corrected chi connectivity index (χ0v) is 15.4. The summed E-state index contributed by atoms with van der Waals surface area (Å²) in [7, 11) is 0. The number of hydrogen-bond donors (Lipinski definition) is 3. The van der Waals surface area contributed by atoms with Gasteiger partial charge in [-0.25, -0.2) is 0 Å². The second kappa shape index (κ2) is 9.03. The summed E-state index contributed by atoms with van der Waals surface area (Å²) in [6, 6.07) is 15.3. The van der Waals surface area contributed by atoms with Gasteiger partial charge in [-0.1, -0.05) is 30.3 Å². The van der Waals surface area contributed by atoms with Gasteiger partial charge in [0, 0.05) is 24.6 Å². The Morgan fingerprint density at radius 2 is 1.61 bits per heavy atom. The van der Waals surface area contributed by atoms with Crippen LogP contribution in [0.5, 0.6) is 5.75 Å². The monoisotopic (exact) mass is 381 g/mol. The fourth-order valence-electron chi connectivity index (χ4n) is 3.16. The number of nitrogens with one attached hydrogen (secondary N) is 2. The molecule has 2 aromatic rings. The van der Waals surface area contributed by atoms with Crippen molar-refractivity contribution in [3.05, 3.63) is 60.2 Å². The van der Waals surface area contributed by atoms with Gasteiger partial charge >= 0.3 is 0 Å². The van der Waals surface area contributed by atoms with Gasteiger partial charge in [-0.3, -0.25) is 14.4 Å². The van der Waals surface area contributed by atoms with Crippen LogP contribution in [0.1, 0.15) is 23.2 Å². The lowest BCUT2D eigenvalue weighted by molar-refractivity contribution is -0.133. The fraction of sp³-hybridized carbons (Fsp3) is 0.286. The molecule has 0 atom stereocenters. The zero-order chi connectivity index (χ0) is 19.9. The number of phenolic OH excluding ortho intramolecular Hbond substituents is 1. The Labute approximate surface area is 163 Å². The van der Waals surface area contributed by atoms with E-state index in [0.717, 1.165) is 0 Å². The van der Waals surface area contributed by atoms with Gasteiger partial charge in [0.05, 0.1) is 12.2 Å². The Kier molecular flexibility index (Phi) is 6.26. The Balaban J connectivity index is 1.44. The van der Waals surface area contributed by atoms with Gasteiger partial charge in [0.2, 0.25) is 11.8 Å². The van der Waals surface area contributed by atoms with E-state index in [1.165, 1.54) is 6.07 Å². The van der Waals surface area contributed by atoms with Crippen molar-refractivity contribution in [2.75, 3.05) is 25.0 Å². The SMILES string of the molecule is O=C(NCC(=O)N1CCC(C(=O)Nc2ccccc2O)CC1)c1ccccc1. The molecule has 7 nitrogen and oxygen atoms in total. The van der Waals surface area contributed by atoms with Crippen LogP contribution in [0.15, 0.2) is 54.6 Å². The highest BCUT2D eigenvalue weighted by Crippen LogP contribution is 2.24. The molecule has 1 heterocycles. The quantitative estimate of drug-likeness (QED) is 0.690. The number of para-hydroxylation sites is 2. The van der Waals surface area contributed by atoms with Crippen molar-refractivity contribution in [1.29, 1.82) is 0 Å². The molecule has 28 heavy (non-hydrogen) atoms. The molecule has 0 aromatic heterocycles.